The third-order valence-corrected chi connectivity index (χ3v) is 3.39. The Morgan fingerprint density at radius 3 is 2.72 bits per heavy atom. The van der Waals surface area contributed by atoms with Crippen LogP contribution in [-0.4, -0.2) is 22.5 Å². The van der Waals surface area contributed by atoms with E-state index >= 15 is 0 Å². The molecule has 1 aliphatic rings. The topological polar surface area (TPSA) is 63.6 Å². The SMILES string of the molecule is Cc1ccc2c(c1C)OC(C)(CC(=O)O)CC2=O. The van der Waals surface area contributed by atoms with E-state index in [0.29, 0.717) is 11.3 Å². The average molecular weight is 248 g/mol. The van der Waals surface area contributed by atoms with Crippen LogP contribution in [0, 0.1) is 13.8 Å². The number of Topliss-reactive ketones (excluding diaryl/α,β-unsaturated/α-hetero) is 1. The van der Waals surface area contributed by atoms with Crippen molar-refractivity contribution < 1.29 is 19.4 Å². The minimum atomic E-state index is -0.959. The van der Waals surface area contributed by atoms with Gasteiger partial charge in [0.2, 0.25) is 0 Å². The number of fused-ring (bicyclic) bond motifs is 1. The van der Waals surface area contributed by atoms with Crippen LogP contribution in [0.5, 0.6) is 5.75 Å². The van der Waals surface area contributed by atoms with E-state index in [1.165, 1.54) is 0 Å². The number of hydrogen-bond donors (Lipinski definition) is 1. The molecule has 0 amide bonds. The predicted molar refractivity (Wildman–Crippen MR) is 66.1 cm³/mol. The van der Waals surface area contributed by atoms with Gasteiger partial charge in [-0.3, -0.25) is 9.59 Å². The molecule has 4 heteroatoms. The normalized spacial score (nSPS) is 22.3. The summed E-state index contributed by atoms with van der Waals surface area (Å²) in [6, 6.07) is 3.63. The molecule has 4 nitrogen and oxygen atoms in total. The molecule has 0 saturated heterocycles. The molecule has 1 unspecified atom stereocenters. The Morgan fingerprint density at radius 2 is 2.11 bits per heavy atom. The summed E-state index contributed by atoms with van der Waals surface area (Å²) in [7, 11) is 0. The van der Waals surface area contributed by atoms with Crippen LogP contribution in [0.15, 0.2) is 12.1 Å². The third kappa shape index (κ3) is 2.10. The number of carbonyl (C=O) groups excluding carboxylic acids is 1. The average Bonchev–Trinajstić information content (AvgIpc) is 2.22. The minimum Gasteiger partial charge on any atom is -0.485 e. The molecule has 0 spiro atoms. The van der Waals surface area contributed by atoms with Crippen molar-refractivity contribution in [3.8, 4) is 5.75 Å². The van der Waals surface area contributed by atoms with Crippen LogP contribution in [0.4, 0.5) is 0 Å². The van der Waals surface area contributed by atoms with Gasteiger partial charge in [0, 0.05) is 0 Å². The van der Waals surface area contributed by atoms with Gasteiger partial charge >= 0.3 is 5.97 Å². The fraction of sp³-hybridized carbons (Fsp3) is 0.429. The van der Waals surface area contributed by atoms with Gasteiger partial charge < -0.3 is 9.84 Å². The Labute approximate surface area is 106 Å². The maximum absolute atomic E-state index is 12.1. The molecule has 0 aliphatic carbocycles. The first kappa shape index (κ1) is 12.6. The van der Waals surface area contributed by atoms with Crippen LogP contribution in [0.25, 0.3) is 0 Å². The van der Waals surface area contributed by atoms with Gasteiger partial charge in [0.15, 0.2) is 5.78 Å². The summed E-state index contributed by atoms with van der Waals surface area (Å²) in [6.45, 7) is 5.49. The van der Waals surface area contributed by atoms with Crippen molar-refractivity contribution in [1.29, 1.82) is 0 Å². The Kier molecular flexibility index (Phi) is 2.89. The molecule has 0 aromatic heterocycles. The molecule has 96 valence electrons. The van der Waals surface area contributed by atoms with E-state index in [-0.39, 0.29) is 18.6 Å². The van der Waals surface area contributed by atoms with E-state index in [1.807, 2.05) is 19.9 Å². The van der Waals surface area contributed by atoms with Gasteiger partial charge in [0.25, 0.3) is 0 Å². The summed E-state index contributed by atoms with van der Waals surface area (Å²) in [6.07, 6.45) is -0.0691. The van der Waals surface area contributed by atoms with Gasteiger partial charge in [-0.1, -0.05) is 6.07 Å². The first-order valence-corrected chi connectivity index (χ1v) is 5.87. The number of aryl methyl sites for hydroxylation is 1. The van der Waals surface area contributed by atoms with Gasteiger partial charge in [0.05, 0.1) is 18.4 Å². The molecule has 0 fully saturated rings. The number of aliphatic carboxylic acids is 1. The number of carboxylic acid groups (broad SMARTS) is 1. The molecule has 2 rings (SSSR count). The van der Waals surface area contributed by atoms with E-state index < -0.39 is 11.6 Å². The summed E-state index contributed by atoms with van der Waals surface area (Å²) < 4.78 is 5.81. The molecule has 18 heavy (non-hydrogen) atoms. The van der Waals surface area contributed by atoms with Crippen LogP contribution in [0.3, 0.4) is 0 Å². The number of ketones is 1. The van der Waals surface area contributed by atoms with Gasteiger partial charge in [0.1, 0.15) is 11.4 Å². The van der Waals surface area contributed by atoms with Gasteiger partial charge in [-0.05, 0) is 38.0 Å². The number of rotatable bonds is 2. The molecule has 0 saturated carbocycles. The lowest BCUT2D eigenvalue weighted by molar-refractivity contribution is -0.141. The second-order valence-corrected chi connectivity index (χ2v) is 5.11. The van der Waals surface area contributed by atoms with Crippen LogP contribution in [0.1, 0.15) is 41.3 Å². The smallest absolute Gasteiger partial charge is 0.307 e. The molecule has 0 bridgehead atoms. The standard InChI is InChI=1S/C14H16O4/c1-8-4-5-10-11(15)6-14(3,7-12(16)17)18-13(10)9(8)2/h4-5H,6-7H2,1-3H3,(H,16,17). The van der Waals surface area contributed by atoms with Gasteiger partial charge in [-0.2, -0.15) is 0 Å². The minimum absolute atomic E-state index is 0.0527. The van der Waals surface area contributed by atoms with Crippen molar-refractivity contribution in [2.45, 2.75) is 39.2 Å². The summed E-state index contributed by atoms with van der Waals surface area (Å²) >= 11 is 0. The Bertz CT molecular complexity index is 533. The number of benzene rings is 1. The zero-order valence-electron chi connectivity index (χ0n) is 10.7. The second-order valence-electron chi connectivity index (χ2n) is 5.11. The summed E-state index contributed by atoms with van der Waals surface area (Å²) in [4.78, 5) is 22.9. The molecule has 0 radical (unpaired) electrons. The lowest BCUT2D eigenvalue weighted by Crippen LogP contribution is -2.41. The van der Waals surface area contributed by atoms with Crippen LogP contribution in [-0.2, 0) is 4.79 Å². The Morgan fingerprint density at radius 1 is 1.44 bits per heavy atom. The Hall–Kier alpha value is -1.84. The van der Waals surface area contributed by atoms with E-state index in [1.54, 1.807) is 13.0 Å². The summed E-state index contributed by atoms with van der Waals surface area (Å²) in [5.74, 6) is -0.475. The monoisotopic (exact) mass is 248 g/mol. The summed E-state index contributed by atoms with van der Waals surface area (Å²) in [5, 5.41) is 8.90. The van der Waals surface area contributed by atoms with E-state index in [9.17, 15) is 9.59 Å². The van der Waals surface area contributed by atoms with Gasteiger partial charge in [-0.15, -0.1) is 0 Å². The highest BCUT2D eigenvalue weighted by Gasteiger charge is 2.39. The molecular weight excluding hydrogens is 232 g/mol. The number of carbonyl (C=O) groups is 2. The molecular formula is C14H16O4. The molecule has 1 atom stereocenters. The quantitative estimate of drug-likeness (QED) is 0.873. The van der Waals surface area contributed by atoms with Crippen LogP contribution in [0.2, 0.25) is 0 Å². The molecule has 1 heterocycles. The van der Waals surface area contributed by atoms with E-state index in [4.69, 9.17) is 9.84 Å². The molecule has 1 aromatic carbocycles. The third-order valence-electron chi connectivity index (χ3n) is 3.39. The highest BCUT2D eigenvalue weighted by molar-refractivity contribution is 6.01. The fourth-order valence-corrected chi connectivity index (χ4v) is 2.28. The number of carboxylic acids is 1. The highest BCUT2D eigenvalue weighted by atomic mass is 16.5. The predicted octanol–water partition coefficient (Wildman–Crippen LogP) is 2.50. The maximum Gasteiger partial charge on any atom is 0.307 e. The number of ether oxygens (including phenoxy) is 1. The molecule has 1 aliphatic heterocycles. The van der Waals surface area contributed by atoms with Crippen molar-refractivity contribution in [2.24, 2.45) is 0 Å². The second kappa shape index (κ2) is 4.12. The van der Waals surface area contributed by atoms with Crippen molar-refractivity contribution in [2.75, 3.05) is 0 Å². The zero-order chi connectivity index (χ0) is 13.5. The van der Waals surface area contributed by atoms with Crippen molar-refractivity contribution in [3.63, 3.8) is 0 Å². The molecule has 1 N–H and O–H groups in total. The maximum atomic E-state index is 12.1. The Balaban J connectivity index is 2.47. The van der Waals surface area contributed by atoms with Crippen molar-refractivity contribution >= 4 is 11.8 Å². The lowest BCUT2D eigenvalue weighted by Gasteiger charge is -2.35. The number of hydrogen-bond acceptors (Lipinski definition) is 3. The first-order chi connectivity index (χ1) is 8.32. The zero-order valence-corrected chi connectivity index (χ0v) is 10.7. The largest absolute Gasteiger partial charge is 0.485 e. The van der Waals surface area contributed by atoms with Crippen LogP contribution < -0.4 is 4.74 Å². The van der Waals surface area contributed by atoms with Crippen molar-refractivity contribution in [3.05, 3.63) is 28.8 Å². The fourth-order valence-electron chi connectivity index (χ4n) is 2.28. The van der Waals surface area contributed by atoms with E-state index in [2.05, 4.69) is 0 Å². The van der Waals surface area contributed by atoms with E-state index in [0.717, 1.165) is 11.1 Å². The lowest BCUT2D eigenvalue weighted by atomic mass is 9.87. The highest BCUT2D eigenvalue weighted by Crippen LogP contribution is 2.38. The first-order valence-electron chi connectivity index (χ1n) is 5.87. The van der Waals surface area contributed by atoms with Crippen molar-refractivity contribution in [1.82, 2.24) is 0 Å². The van der Waals surface area contributed by atoms with Gasteiger partial charge in [-0.25, -0.2) is 0 Å². The van der Waals surface area contributed by atoms with Crippen LogP contribution >= 0.6 is 0 Å². The molecule has 1 aromatic rings. The summed E-state index contributed by atoms with van der Waals surface area (Å²) in [5.41, 5.74) is 1.54.